The fraction of sp³-hybridized carbons (Fsp3) is 0.500. The first kappa shape index (κ1) is 28.5. The van der Waals surface area contributed by atoms with E-state index in [1.807, 2.05) is 0 Å². The first-order valence-corrected chi connectivity index (χ1v) is 7.72. The average Bonchev–Trinajstić information content (AvgIpc) is 2.08. The van der Waals surface area contributed by atoms with Crippen LogP contribution in [0.3, 0.4) is 0 Å². The van der Waals surface area contributed by atoms with Gasteiger partial charge in [-0.25, -0.2) is 13.9 Å². The number of carbonyl (C=O) groups is 3. The van der Waals surface area contributed by atoms with Crippen molar-refractivity contribution in [3.63, 3.8) is 0 Å². The van der Waals surface area contributed by atoms with Crippen LogP contribution < -0.4 is 0 Å². The molecule has 126 valence electrons. The normalized spacial score (nSPS) is 13.6. The summed E-state index contributed by atoms with van der Waals surface area (Å²) < 4.78 is 27.7. The Balaban J connectivity index is -0.00000200. The van der Waals surface area contributed by atoms with Gasteiger partial charge in [0.05, 0.1) is 12.8 Å². The summed E-state index contributed by atoms with van der Waals surface area (Å²) >= 11 is 0. The van der Waals surface area contributed by atoms with Gasteiger partial charge >= 0.3 is 92.7 Å². The quantitative estimate of drug-likeness (QED) is 0.181. The van der Waals surface area contributed by atoms with Crippen LogP contribution in [0.5, 0.6) is 0 Å². The zero-order valence-electron chi connectivity index (χ0n) is 9.85. The van der Waals surface area contributed by atoms with Crippen molar-refractivity contribution < 1.29 is 62.3 Å². The second kappa shape index (κ2) is 10.6. The molecule has 0 radical (unpaired) electrons. The predicted octanol–water partition coefficient (Wildman–Crippen LogP) is -3.44. The van der Waals surface area contributed by atoms with Gasteiger partial charge in [-0.3, -0.25) is 29.2 Å². The summed E-state index contributed by atoms with van der Waals surface area (Å²) in [6.45, 7) is 0. The van der Waals surface area contributed by atoms with Crippen LogP contribution in [0, 0.1) is 0 Å². The zero-order valence-corrected chi connectivity index (χ0v) is 11.6. The van der Waals surface area contributed by atoms with E-state index in [9.17, 15) is 28.6 Å². The van der Waals surface area contributed by atoms with E-state index in [2.05, 4.69) is 9.05 Å². The number of hydrogen-bond donors (Lipinski definition) is 6. The molecule has 0 aromatic rings. The van der Waals surface area contributed by atoms with E-state index in [-0.39, 0.29) is 59.1 Å². The summed E-state index contributed by atoms with van der Waals surface area (Å²) in [6.07, 6.45) is -3.16. The van der Waals surface area contributed by atoms with Crippen LogP contribution in [0.15, 0.2) is 0 Å². The van der Waals surface area contributed by atoms with E-state index in [4.69, 9.17) is 24.7 Å². The zero-order chi connectivity index (χ0) is 17.1. The summed E-state index contributed by atoms with van der Waals surface area (Å²) in [7, 11) is -10.8. The molecule has 1 atom stereocenters. The van der Waals surface area contributed by atoms with E-state index in [0.29, 0.717) is 0 Å². The number of carbonyl (C=O) groups excluding carboxylic acids is 2. The van der Waals surface area contributed by atoms with Gasteiger partial charge in [0.25, 0.3) is 0 Å². The van der Waals surface area contributed by atoms with E-state index in [1.165, 1.54) is 0 Å². The molecule has 0 aromatic carbocycles. The number of phosphoric acid groups is 2. The molecule has 0 aliphatic carbocycles. The fourth-order valence-electron chi connectivity index (χ4n) is 1.05. The van der Waals surface area contributed by atoms with Crippen molar-refractivity contribution in [2.24, 2.45) is 0 Å². The molecule has 0 heterocycles. The third-order valence-corrected chi connectivity index (χ3v) is 2.53. The number of aliphatic carboxylic acids is 1. The van der Waals surface area contributed by atoms with Crippen LogP contribution >= 0.6 is 15.6 Å². The number of phosphoric ester groups is 2. The summed E-state index contributed by atoms with van der Waals surface area (Å²) in [5.41, 5.74) is -3.29. The summed E-state index contributed by atoms with van der Waals surface area (Å²) in [5, 5.41) is 18.1. The molecule has 0 aliphatic heterocycles. The van der Waals surface area contributed by atoms with Gasteiger partial charge in [0.1, 0.15) is 0 Å². The first-order valence-electron chi connectivity index (χ1n) is 4.66. The molecule has 17 heteroatoms. The molecule has 13 nitrogen and oxygen atoms in total. The maximum atomic E-state index is 11.3. The van der Waals surface area contributed by atoms with E-state index >= 15 is 0 Å². The van der Waals surface area contributed by atoms with Crippen LogP contribution in [0.25, 0.3) is 0 Å². The molecule has 0 amide bonds. The minimum atomic E-state index is -5.45. The van der Waals surface area contributed by atoms with Gasteiger partial charge in [-0.15, -0.1) is 0 Å². The Kier molecular flexibility index (Phi) is 13.1. The molecule has 0 rings (SSSR count). The van der Waals surface area contributed by atoms with Crippen molar-refractivity contribution in [3.05, 3.63) is 0 Å². The van der Waals surface area contributed by atoms with Crippen molar-refractivity contribution in [1.82, 2.24) is 0 Å². The first-order chi connectivity index (χ1) is 9.15. The number of aliphatic hydroxyl groups is 1. The van der Waals surface area contributed by atoms with Gasteiger partial charge < -0.3 is 19.3 Å². The van der Waals surface area contributed by atoms with Gasteiger partial charge in [-0.1, -0.05) is 0 Å². The van der Waals surface area contributed by atoms with Gasteiger partial charge in [0.2, 0.25) is 0 Å². The van der Waals surface area contributed by atoms with Gasteiger partial charge in [-0.2, -0.15) is 0 Å². The standard InChI is InChI=1S/C6H10O13P2.2Na.2H/c7-3(8)1-6(11,5(10)19-21(15,16)17)2-4(9)18-20(12,13)14;;;;/h11H,1-2H2,(H,7,8)(H2,12,13,14)(H2,15,16,17);;;;. The Labute approximate surface area is 172 Å². The molecule has 0 fully saturated rings. The van der Waals surface area contributed by atoms with Crippen LogP contribution in [0.2, 0.25) is 0 Å². The number of carboxylic acids is 1. The SMILES string of the molecule is O=C(O)CC(O)(CC(=O)OP(=O)(O)O)C(=O)OP(=O)(O)O.[NaH].[NaH]. The Morgan fingerprint density at radius 3 is 1.57 bits per heavy atom. The van der Waals surface area contributed by atoms with Crippen molar-refractivity contribution in [2.75, 3.05) is 0 Å². The molecular weight excluding hydrogens is 388 g/mol. The topological polar surface area (TPSA) is 225 Å². The second-order valence-electron chi connectivity index (χ2n) is 3.60. The molecular formula is C6H12Na2O13P2. The Morgan fingerprint density at radius 2 is 1.26 bits per heavy atom. The molecule has 0 aromatic heterocycles. The monoisotopic (exact) mass is 400 g/mol. The third kappa shape index (κ3) is 13.6. The maximum absolute atomic E-state index is 11.3. The van der Waals surface area contributed by atoms with Crippen molar-refractivity contribution in [2.45, 2.75) is 18.4 Å². The summed E-state index contributed by atoms with van der Waals surface area (Å²) in [5.74, 6) is -5.94. The molecule has 1 unspecified atom stereocenters. The molecule has 0 saturated carbocycles. The molecule has 0 spiro atoms. The van der Waals surface area contributed by atoms with Crippen molar-refractivity contribution >= 4 is 92.7 Å². The molecule has 0 aliphatic rings. The van der Waals surface area contributed by atoms with Crippen molar-refractivity contribution in [3.8, 4) is 0 Å². The van der Waals surface area contributed by atoms with Crippen LogP contribution in [0.1, 0.15) is 12.8 Å². The van der Waals surface area contributed by atoms with Crippen LogP contribution in [-0.4, -0.2) is 112 Å². The Morgan fingerprint density at radius 1 is 0.870 bits per heavy atom. The molecule has 0 saturated heterocycles. The third-order valence-electron chi connectivity index (χ3n) is 1.68. The van der Waals surface area contributed by atoms with Crippen molar-refractivity contribution in [1.29, 1.82) is 0 Å². The average molecular weight is 400 g/mol. The predicted molar refractivity (Wildman–Crippen MR) is 72.4 cm³/mol. The number of carboxylic acid groups (broad SMARTS) is 1. The van der Waals surface area contributed by atoms with E-state index in [1.54, 1.807) is 0 Å². The van der Waals surface area contributed by atoms with Gasteiger partial charge in [0, 0.05) is 0 Å². The molecule has 0 bridgehead atoms. The van der Waals surface area contributed by atoms with Crippen LogP contribution in [-0.2, 0) is 32.6 Å². The molecule has 6 N–H and O–H groups in total. The van der Waals surface area contributed by atoms with E-state index < -0.39 is 52.0 Å². The fourth-order valence-corrected chi connectivity index (χ4v) is 1.77. The minimum absolute atomic E-state index is 0. The van der Waals surface area contributed by atoms with Crippen LogP contribution in [0.4, 0.5) is 0 Å². The molecule has 23 heavy (non-hydrogen) atoms. The summed E-state index contributed by atoms with van der Waals surface area (Å²) in [6, 6.07) is 0. The number of rotatable bonds is 7. The Bertz CT molecular complexity index is 537. The van der Waals surface area contributed by atoms with Gasteiger partial charge in [-0.05, 0) is 0 Å². The number of hydrogen-bond acceptors (Lipinski definition) is 8. The van der Waals surface area contributed by atoms with Gasteiger partial charge in [0.15, 0.2) is 5.60 Å². The Hall–Kier alpha value is 0.670. The summed E-state index contributed by atoms with van der Waals surface area (Å²) in [4.78, 5) is 66.2. The van der Waals surface area contributed by atoms with E-state index in [0.717, 1.165) is 0 Å². The second-order valence-corrected chi connectivity index (χ2v) is 5.93.